The first kappa shape index (κ1) is 24.9. The van der Waals surface area contributed by atoms with Crippen LogP contribution in [0.15, 0.2) is 35.3 Å². The van der Waals surface area contributed by atoms with Gasteiger partial charge >= 0.3 is 0 Å². The van der Waals surface area contributed by atoms with Crippen molar-refractivity contribution in [3.8, 4) is 0 Å². The van der Waals surface area contributed by atoms with Crippen LogP contribution in [-0.2, 0) is 6.54 Å². The Labute approximate surface area is 176 Å². The van der Waals surface area contributed by atoms with Crippen LogP contribution in [0.25, 0.3) is 0 Å². The van der Waals surface area contributed by atoms with Crippen molar-refractivity contribution in [2.45, 2.75) is 124 Å². The highest BCUT2D eigenvalue weighted by Gasteiger charge is 2.15. The molecule has 1 aromatic rings. The quantitative estimate of drug-likeness (QED) is 0.176. The van der Waals surface area contributed by atoms with Crippen molar-refractivity contribution in [3.05, 3.63) is 35.9 Å². The molecule has 1 aromatic carbocycles. The molecular weight excluding hydrogens is 338 g/mol. The molecule has 0 aliphatic rings. The Balaban J connectivity index is 2.74. The van der Waals surface area contributed by atoms with Crippen molar-refractivity contribution in [2.24, 2.45) is 10.9 Å². The van der Waals surface area contributed by atoms with Crippen molar-refractivity contribution >= 4 is 5.71 Å². The molecule has 0 aromatic heterocycles. The monoisotopic (exact) mass is 385 g/mol. The van der Waals surface area contributed by atoms with Gasteiger partial charge in [-0.3, -0.25) is 4.99 Å². The average molecular weight is 386 g/mol. The lowest BCUT2D eigenvalue weighted by Crippen LogP contribution is -2.16. The summed E-state index contributed by atoms with van der Waals surface area (Å²) in [5.41, 5.74) is 2.89. The molecule has 0 spiro atoms. The Bertz CT molecular complexity index is 464. The Morgan fingerprint density at radius 3 is 1.75 bits per heavy atom. The van der Waals surface area contributed by atoms with E-state index in [-0.39, 0.29) is 0 Å². The molecule has 0 aliphatic carbocycles. The number of benzene rings is 1. The van der Waals surface area contributed by atoms with Crippen LogP contribution in [0.4, 0.5) is 0 Å². The predicted molar refractivity (Wildman–Crippen MR) is 127 cm³/mol. The van der Waals surface area contributed by atoms with Gasteiger partial charge in [0.05, 0.1) is 6.54 Å². The second kappa shape index (κ2) is 18.0. The number of hydrogen-bond acceptors (Lipinski definition) is 1. The van der Waals surface area contributed by atoms with E-state index < -0.39 is 0 Å². The van der Waals surface area contributed by atoms with E-state index in [9.17, 15) is 0 Å². The van der Waals surface area contributed by atoms with Crippen molar-refractivity contribution in [1.82, 2.24) is 0 Å². The molecule has 0 fully saturated rings. The fraction of sp³-hybridized carbons (Fsp3) is 0.741. The minimum atomic E-state index is 0.721. The third-order valence-corrected chi connectivity index (χ3v) is 5.88. The van der Waals surface area contributed by atoms with Crippen molar-refractivity contribution in [1.29, 1.82) is 0 Å². The summed E-state index contributed by atoms with van der Waals surface area (Å²) in [7, 11) is 0. The van der Waals surface area contributed by atoms with Gasteiger partial charge in [0.2, 0.25) is 0 Å². The highest BCUT2D eigenvalue weighted by atomic mass is 14.7. The SMILES string of the molecule is CCCCCCC(=NCc1ccccc1)C(CCCCCC)CCCCCC. The van der Waals surface area contributed by atoms with Crippen LogP contribution in [-0.4, -0.2) is 5.71 Å². The lowest BCUT2D eigenvalue weighted by atomic mass is 9.87. The van der Waals surface area contributed by atoms with E-state index in [1.165, 1.54) is 108 Å². The zero-order chi connectivity index (χ0) is 20.3. The number of rotatable bonds is 18. The summed E-state index contributed by atoms with van der Waals surface area (Å²) in [6, 6.07) is 10.8. The summed E-state index contributed by atoms with van der Waals surface area (Å²) < 4.78 is 0. The van der Waals surface area contributed by atoms with E-state index in [1.807, 2.05) is 0 Å². The summed E-state index contributed by atoms with van der Waals surface area (Å²) in [6.07, 6.45) is 20.3. The molecule has 0 N–H and O–H groups in total. The van der Waals surface area contributed by atoms with Crippen LogP contribution in [0.1, 0.15) is 123 Å². The molecule has 0 saturated carbocycles. The topological polar surface area (TPSA) is 12.4 Å². The van der Waals surface area contributed by atoms with Crippen LogP contribution in [0.5, 0.6) is 0 Å². The summed E-state index contributed by atoms with van der Waals surface area (Å²) in [6.45, 7) is 7.78. The maximum absolute atomic E-state index is 5.21. The van der Waals surface area contributed by atoms with Gasteiger partial charge < -0.3 is 0 Å². The molecule has 0 radical (unpaired) electrons. The van der Waals surface area contributed by atoms with Crippen LogP contribution >= 0.6 is 0 Å². The van der Waals surface area contributed by atoms with Gasteiger partial charge in [-0.2, -0.15) is 0 Å². The normalized spacial score (nSPS) is 12.1. The minimum Gasteiger partial charge on any atom is -0.289 e. The Morgan fingerprint density at radius 1 is 0.679 bits per heavy atom. The largest absolute Gasteiger partial charge is 0.289 e. The maximum Gasteiger partial charge on any atom is 0.0639 e. The molecule has 0 bridgehead atoms. The first-order chi connectivity index (χ1) is 13.8. The van der Waals surface area contributed by atoms with E-state index >= 15 is 0 Å². The van der Waals surface area contributed by atoms with Gasteiger partial charge in [-0.05, 0) is 37.2 Å². The predicted octanol–water partition coefficient (Wildman–Crippen LogP) is 9.15. The molecule has 0 heterocycles. The molecule has 0 unspecified atom stereocenters. The van der Waals surface area contributed by atoms with Gasteiger partial charge in [-0.15, -0.1) is 0 Å². The van der Waals surface area contributed by atoms with Crippen LogP contribution in [0.3, 0.4) is 0 Å². The van der Waals surface area contributed by atoms with Crippen LogP contribution < -0.4 is 0 Å². The summed E-state index contributed by atoms with van der Waals surface area (Å²) in [5, 5.41) is 0. The fourth-order valence-corrected chi connectivity index (χ4v) is 4.03. The van der Waals surface area contributed by atoms with Crippen LogP contribution in [0.2, 0.25) is 0 Å². The van der Waals surface area contributed by atoms with Crippen LogP contribution in [0, 0.1) is 5.92 Å². The smallest absolute Gasteiger partial charge is 0.0639 e. The first-order valence-electron chi connectivity index (χ1n) is 12.4. The number of nitrogens with zero attached hydrogens (tertiary/aromatic N) is 1. The minimum absolute atomic E-state index is 0.721. The summed E-state index contributed by atoms with van der Waals surface area (Å²) in [4.78, 5) is 5.21. The number of hydrogen-bond donors (Lipinski definition) is 0. The van der Waals surface area contributed by atoms with Gasteiger partial charge in [0.15, 0.2) is 0 Å². The Morgan fingerprint density at radius 2 is 1.21 bits per heavy atom. The molecular formula is C27H47N. The van der Waals surface area contributed by atoms with Crippen molar-refractivity contribution in [3.63, 3.8) is 0 Å². The molecule has 0 amide bonds. The maximum atomic E-state index is 5.21. The van der Waals surface area contributed by atoms with E-state index in [0.29, 0.717) is 0 Å². The Hall–Kier alpha value is -1.11. The molecule has 160 valence electrons. The van der Waals surface area contributed by atoms with E-state index in [4.69, 9.17) is 4.99 Å². The third-order valence-electron chi connectivity index (χ3n) is 5.88. The molecule has 1 rings (SSSR count). The van der Waals surface area contributed by atoms with Gasteiger partial charge in [0, 0.05) is 5.71 Å². The zero-order valence-electron chi connectivity index (χ0n) is 19.2. The second-order valence-corrected chi connectivity index (χ2v) is 8.50. The highest BCUT2D eigenvalue weighted by molar-refractivity contribution is 5.86. The van der Waals surface area contributed by atoms with E-state index in [0.717, 1.165) is 12.5 Å². The summed E-state index contributed by atoms with van der Waals surface area (Å²) >= 11 is 0. The lowest BCUT2D eigenvalue weighted by molar-refractivity contribution is 0.485. The molecule has 1 heteroatoms. The average Bonchev–Trinajstić information content (AvgIpc) is 2.73. The fourth-order valence-electron chi connectivity index (χ4n) is 4.03. The van der Waals surface area contributed by atoms with Crippen molar-refractivity contribution < 1.29 is 0 Å². The van der Waals surface area contributed by atoms with Gasteiger partial charge in [-0.25, -0.2) is 0 Å². The van der Waals surface area contributed by atoms with Gasteiger partial charge in [0.25, 0.3) is 0 Å². The van der Waals surface area contributed by atoms with Crippen molar-refractivity contribution in [2.75, 3.05) is 0 Å². The highest BCUT2D eigenvalue weighted by Crippen LogP contribution is 2.23. The molecule has 28 heavy (non-hydrogen) atoms. The van der Waals surface area contributed by atoms with Gasteiger partial charge in [0.1, 0.15) is 0 Å². The van der Waals surface area contributed by atoms with E-state index in [1.54, 1.807) is 0 Å². The standard InChI is InChI=1S/C27H47N/c1-4-7-10-16-21-26(22-17-11-8-5-2)27(23-18-12-9-6-3)28-24-25-19-14-13-15-20-25/h13-15,19-20,26H,4-12,16-18,21-24H2,1-3H3. The van der Waals surface area contributed by atoms with E-state index in [2.05, 4.69) is 51.1 Å². The first-order valence-corrected chi connectivity index (χ1v) is 12.4. The number of unbranched alkanes of at least 4 members (excludes halogenated alkanes) is 9. The second-order valence-electron chi connectivity index (χ2n) is 8.50. The Kier molecular flexibility index (Phi) is 16.0. The number of aliphatic imine (C=N–C) groups is 1. The molecule has 0 saturated heterocycles. The summed E-state index contributed by atoms with van der Waals surface area (Å²) in [5.74, 6) is 0.721. The molecule has 1 nitrogen and oxygen atoms in total. The third kappa shape index (κ3) is 12.4. The molecule has 0 atom stereocenters. The lowest BCUT2D eigenvalue weighted by Gasteiger charge is -2.20. The van der Waals surface area contributed by atoms with Gasteiger partial charge in [-0.1, -0.05) is 122 Å². The zero-order valence-corrected chi connectivity index (χ0v) is 19.2. The molecule has 0 aliphatic heterocycles.